The standard InChI is InChI=1S/C23H25N5/c24-13-15-28-22(9-5-4-8-18-6-2-1-3-7-18)26-27-23(28)20-10-11-21-17-25-14-12-19(21)16-20/h1-3,6-7,10-12,14,16-17H,4-5,8-9,13,15,24H2. The van der Waals surface area contributed by atoms with Crippen LogP contribution in [-0.2, 0) is 19.4 Å². The number of hydrogen-bond donors (Lipinski definition) is 1. The third-order valence-corrected chi connectivity index (χ3v) is 5.04. The second kappa shape index (κ2) is 8.76. The molecule has 0 saturated carbocycles. The lowest BCUT2D eigenvalue weighted by molar-refractivity contribution is 0.631. The molecule has 0 amide bonds. The fraction of sp³-hybridized carbons (Fsp3) is 0.261. The Morgan fingerprint density at radius 2 is 1.71 bits per heavy atom. The Morgan fingerprint density at radius 3 is 2.57 bits per heavy atom. The molecule has 28 heavy (non-hydrogen) atoms. The molecule has 0 atom stereocenters. The lowest BCUT2D eigenvalue weighted by Gasteiger charge is -2.10. The van der Waals surface area contributed by atoms with Crippen molar-refractivity contribution in [3.63, 3.8) is 0 Å². The van der Waals surface area contributed by atoms with E-state index in [0.29, 0.717) is 6.54 Å². The van der Waals surface area contributed by atoms with Gasteiger partial charge in [0.1, 0.15) is 5.82 Å². The highest BCUT2D eigenvalue weighted by atomic mass is 15.3. The van der Waals surface area contributed by atoms with Gasteiger partial charge in [-0.2, -0.15) is 0 Å². The topological polar surface area (TPSA) is 69.6 Å². The third kappa shape index (κ3) is 4.10. The highest BCUT2D eigenvalue weighted by molar-refractivity contribution is 5.85. The summed E-state index contributed by atoms with van der Waals surface area (Å²) in [5, 5.41) is 11.2. The van der Waals surface area contributed by atoms with Gasteiger partial charge in [0.25, 0.3) is 0 Å². The van der Waals surface area contributed by atoms with Crippen molar-refractivity contribution in [1.29, 1.82) is 0 Å². The number of nitrogens with two attached hydrogens (primary N) is 1. The van der Waals surface area contributed by atoms with Crippen molar-refractivity contribution in [3.05, 3.63) is 78.4 Å². The van der Waals surface area contributed by atoms with Crippen LogP contribution in [0.15, 0.2) is 67.0 Å². The van der Waals surface area contributed by atoms with Gasteiger partial charge in [-0.05, 0) is 42.3 Å². The minimum absolute atomic E-state index is 0.569. The molecule has 2 N–H and O–H groups in total. The van der Waals surface area contributed by atoms with E-state index >= 15 is 0 Å². The van der Waals surface area contributed by atoms with E-state index in [4.69, 9.17) is 5.73 Å². The molecule has 2 aromatic heterocycles. The average Bonchev–Trinajstić information content (AvgIpc) is 3.14. The van der Waals surface area contributed by atoms with Gasteiger partial charge in [0, 0.05) is 42.9 Å². The smallest absolute Gasteiger partial charge is 0.164 e. The Hall–Kier alpha value is -3.05. The number of benzene rings is 2. The number of pyridine rings is 1. The van der Waals surface area contributed by atoms with Crippen LogP contribution < -0.4 is 5.73 Å². The number of rotatable bonds is 8. The quantitative estimate of drug-likeness (QED) is 0.475. The van der Waals surface area contributed by atoms with Gasteiger partial charge in [-0.1, -0.05) is 42.5 Å². The van der Waals surface area contributed by atoms with Crippen molar-refractivity contribution in [2.45, 2.75) is 32.2 Å². The summed E-state index contributed by atoms with van der Waals surface area (Å²) in [5.74, 6) is 1.91. The van der Waals surface area contributed by atoms with Gasteiger partial charge in [-0.15, -0.1) is 10.2 Å². The predicted molar refractivity (Wildman–Crippen MR) is 113 cm³/mol. The number of fused-ring (bicyclic) bond motifs is 1. The molecule has 0 aliphatic carbocycles. The van der Waals surface area contributed by atoms with Crippen molar-refractivity contribution in [1.82, 2.24) is 19.7 Å². The largest absolute Gasteiger partial charge is 0.329 e. The predicted octanol–water partition coefficient (Wildman–Crippen LogP) is 4.02. The van der Waals surface area contributed by atoms with Crippen LogP contribution in [0.5, 0.6) is 0 Å². The lowest BCUT2D eigenvalue weighted by atomic mass is 10.1. The maximum absolute atomic E-state index is 5.87. The second-order valence-electron chi connectivity index (χ2n) is 7.01. The highest BCUT2D eigenvalue weighted by Crippen LogP contribution is 2.24. The minimum atomic E-state index is 0.569. The molecule has 5 nitrogen and oxygen atoms in total. The summed E-state index contributed by atoms with van der Waals surface area (Å²) in [5.41, 5.74) is 8.32. The first-order chi connectivity index (χ1) is 13.8. The van der Waals surface area contributed by atoms with E-state index in [1.54, 1.807) is 0 Å². The van der Waals surface area contributed by atoms with E-state index in [1.807, 2.05) is 18.5 Å². The maximum Gasteiger partial charge on any atom is 0.164 e. The summed E-state index contributed by atoms with van der Waals surface area (Å²) < 4.78 is 2.17. The van der Waals surface area contributed by atoms with Crippen LogP contribution in [0.4, 0.5) is 0 Å². The summed E-state index contributed by atoms with van der Waals surface area (Å²) >= 11 is 0. The van der Waals surface area contributed by atoms with E-state index in [1.165, 1.54) is 5.56 Å². The zero-order valence-corrected chi connectivity index (χ0v) is 16.0. The Kier molecular flexibility index (Phi) is 5.73. The molecule has 0 fully saturated rings. The summed E-state index contributed by atoms with van der Waals surface area (Å²) in [6.07, 6.45) is 7.92. The first-order valence-corrected chi connectivity index (χ1v) is 9.85. The van der Waals surface area contributed by atoms with Gasteiger partial charge < -0.3 is 10.3 Å². The molecular weight excluding hydrogens is 346 g/mol. The molecule has 0 radical (unpaired) electrons. The first kappa shape index (κ1) is 18.3. The molecule has 4 aromatic rings. The number of hydrogen-bond acceptors (Lipinski definition) is 4. The normalized spacial score (nSPS) is 11.2. The molecule has 142 valence electrons. The van der Waals surface area contributed by atoms with Crippen LogP contribution in [0.2, 0.25) is 0 Å². The third-order valence-electron chi connectivity index (χ3n) is 5.04. The van der Waals surface area contributed by atoms with Crippen LogP contribution >= 0.6 is 0 Å². The van der Waals surface area contributed by atoms with Crippen LogP contribution in [-0.4, -0.2) is 26.3 Å². The van der Waals surface area contributed by atoms with Crippen LogP contribution in [0.3, 0.4) is 0 Å². The molecule has 2 heterocycles. The van der Waals surface area contributed by atoms with Crippen LogP contribution in [0.25, 0.3) is 22.2 Å². The monoisotopic (exact) mass is 371 g/mol. The van der Waals surface area contributed by atoms with Crippen molar-refractivity contribution >= 4 is 10.8 Å². The molecule has 2 aromatic carbocycles. The Labute approximate surface area is 165 Å². The fourth-order valence-electron chi connectivity index (χ4n) is 3.58. The number of unbranched alkanes of at least 4 members (excludes halogenated alkanes) is 1. The molecule has 0 unspecified atom stereocenters. The SMILES string of the molecule is NCCn1c(CCCCc2ccccc2)nnc1-c1ccc2cnccc2c1. The van der Waals surface area contributed by atoms with Crippen LogP contribution in [0, 0.1) is 0 Å². The Bertz CT molecular complexity index is 1040. The van der Waals surface area contributed by atoms with Crippen molar-refractivity contribution in [3.8, 4) is 11.4 Å². The van der Waals surface area contributed by atoms with E-state index in [0.717, 1.165) is 60.2 Å². The first-order valence-electron chi connectivity index (χ1n) is 9.85. The van der Waals surface area contributed by atoms with Gasteiger partial charge in [-0.25, -0.2) is 0 Å². The number of aryl methyl sites for hydroxylation is 2. The van der Waals surface area contributed by atoms with Gasteiger partial charge in [0.2, 0.25) is 0 Å². The van der Waals surface area contributed by atoms with Crippen molar-refractivity contribution in [2.24, 2.45) is 5.73 Å². The van der Waals surface area contributed by atoms with E-state index in [-0.39, 0.29) is 0 Å². The molecule has 0 aliphatic rings. The average molecular weight is 371 g/mol. The molecule has 0 spiro atoms. The fourth-order valence-corrected chi connectivity index (χ4v) is 3.58. The van der Waals surface area contributed by atoms with E-state index in [2.05, 4.69) is 68.3 Å². The molecule has 4 rings (SSSR count). The maximum atomic E-state index is 5.87. The number of nitrogens with zero attached hydrogens (tertiary/aromatic N) is 4. The molecule has 0 bridgehead atoms. The Morgan fingerprint density at radius 1 is 0.857 bits per heavy atom. The van der Waals surface area contributed by atoms with Gasteiger partial charge in [0.05, 0.1) is 0 Å². The molecule has 0 aliphatic heterocycles. The van der Waals surface area contributed by atoms with Gasteiger partial charge >= 0.3 is 0 Å². The molecule has 5 heteroatoms. The minimum Gasteiger partial charge on any atom is -0.329 e. The van der Waals surface area contributed by atoms with Gasteiger partial charge in [0.15, 0.2) is 5.82 Å². The highest BCUT2D eigenvalue weighted by Gasteiger charge is 2.13. The zero-order chi connectivity index (χ0) is 19.2. The van der Waals surface area contributed by atoms with E-state index < -0.39 is 0 Å². The summed E-state index contributed by atoms with van der Waals surface area (Å²) in [6.45, 7) is 1.30. The Balaban J connectivity index is 1.50. The summed E-state index contributed by atoms with van der Waals surface area (Å²) in [4.78, 5) is 4.18. The van der Waals surface area contributed by atoms with E-state index in [9.17, 15) is 0 Å². The molecular formula is C23H25N5. The molecule has 0 saturated heterocycles. The van der Waals surface area contributed by atoms with Gasteiger partial charge in [-0.3, -0.25) is 4.98 Å². The van der Waals surface area contributed by atoms with Crippen molar-refractivity contribution < 1.29 is 0 Å². The number of aromatic nitrogens is 4. The van der Waals surface area contributed by atoms with Crippen LogP contribution in [0.1, 0.15) is 24.2 Å². The summed E-state index contributed by atoms with van der Waals surface area (Å²) in [7, 11) is 0. The second-order valence-corrected chi connectivity index (χ2v) is 7.01. The lowest BCUT2D eigenvalue weighted by Crippen LogP contribution is -2.14. The zero-order valence-electron chi connectivity index (χ0n) is 16.0. The summed E-state index contributed by atoms with van der Waals surface area (Å²) in [6, 6.07) is 19.0. The van der Waals surface area contributed by atoms with Crippen molar-refractivity contribution in [2.75, 3.05) is 6.54 Å².